The number of hydrogen-bond donors (Lipinski definition) is 2. The Bertz CT molecular complexity index is 924. The molecule has 0 atom stereocenters. The van der Waals surface area contributed by atoms with Crippen molar-refractivity contribution in [3.63, 3.8) is 0 Å². The van der Waals surface area contributed by atoms with Crippen molar-refractivity contribution >= 4 is 28.6 Å². The molecule has 2 N–H and O–H groups in total. The van der Waals surface area contributed by atoms with Crippen molar-refractivity contribution in [3.05, 3.63) is 30.0 Å². The average molecular weight is 400 g/mol. The van der Waals surface area contributed by atoms with Gasteiger partial charge >= 0.3 is 5.97 Å². The lowest BCUT2D eigenvalue weighted by molar-refractivity contribution is -0.155. The molecular formula is C22H28N2O5. The number of carbonyl (C=O) groups is 3. The number of rotatable bonds is 7. The number of aliphatic carboxylic acids is 1. The van der Waals surface area contributed by atoms with Crippen molar-refractivity contribution in [2.24, 2.45) is 5.92 Å². The molecule has 1 aliphatic rings. The summed E-state index contributed by atoms with van der Waals surface area (Å²) in [4.78, 5) is 42.4. The molecule has 1 aromatic heterocycles. The predicted molar refractivity (Wildman–Crippen MR) is 109 cm³/mol. The molecule has 3 rings (SSSR count). The molecule has 1 saturated carbocycles. The van der Waals surface area contributed by atoms with E-state index in [9.17, 15) is 19.5 Å². The van der Waals surface area contributed by atoms with Crippen molar-refractivity contribution in [1.82, 2.24) is 9.88 Å². The van der Waals surface area contributed by atoms with Gasteiger partial charge in [0.15, 0.2) is 0 Å². The van der Waals surface area contributed by atoms with Crippen LogP contribution in [0.4, 0.5) is 0 Å². The van der Waals surface area contributed by atoms with E-state index >= 15 is 0 Å². The van der Waals surface area contributed by atoms with Gasteiger partial charge in [-0.15, -0.1) is 0 Å². The highest BCUT2D eigenvalue weighted by Crippen LogP contribution is 2.29. The molecule has 29 heavy (non-hydrogen) atoms. The van der Waals surface area contributed by atoms with Crippen LogP contribution in [0.25, 0.3) is 10.9 Å². The van der Waals surface area contributed by atoms with Gasteiger partial charge in [-0.25, -0.2) is 4.79 Å². The first kappa shape index (κ1) is 20.9. The van der Waals surface area contributed by atoms with E-state index in [2.05, 4.69) is 4.98 Å². The van der Waals surface area contributed by atoms with Crippen LogP contribution in [0.2, 0.25) is 0 Å². The van der Waals surface area contributed by atoms with Crippen LogP contribution in [0.15, 0.2) is 24.4 Å². The first-order chi connectivity index (χ1) is 13.8. The third-order valence-corrected chi connectivity index (χ3v) is 5.94. The number of nitrogens with zero attached hydrogens (tertiary/aromatic N) is 1. The maximum absolute atomic E-state index is 13.2. The van der Waals surface area contributed by atoms with Crippen LogP contribution in [0, 0.1) is 5.92 Å². The van der Waals surface area contributed by atoms with Crippen LogP contribution < -0.4 is 4.74 Å². The molecule has 156 valence electrons. The minimum atomic E-state index is -1.47. The summed E-state index contributed by atoms with van der Waals surface area (Å²) >= 11 is 0. The molecule has 1 amide bonds. The summed E-state index contributed by atoms with van der Waals surface area (Å²) in [6, 6.07) is 5.19. The highest BCUT2D eigenvalue weighted by molar-refractivity contribution is 6.45. The van der Waals surface area contributed by atoms with Gasteiger partial charge in [-0.1, -0.05) is 19.3 Å². The zero-order valence-corrected chi connectivity index (χ0v) is 17.2. The zero-order chi connectivity index (χ0) is 21.2. The summed E-state index contributed by atoms with van der Waals surface area (Å²) in [6.07, 6.45) is 6.68. The number of H-pyrrole nitrogens is 1. The topological polar surface area (TPSA) is 99.7 Å². The van der Waals surface area contributed by atoms with Gasteiger partial charge < -0.3 is 19.7 Å². The molecule has 0 saturated heterocycles. The van der Waals surface area contributed by atoms with Crippen molar-refractivity contribution < 1.29 is 24.2 Å². The van der Waals surface area contributed by atoms with Crippen LogP contribution in [-0.4, -0.2) is 51.8 Å². The number of amides is 1. The Hall–Kier alpha value is -2.83. The Morgan fingerprint density at radius 3 is 2.52 bits per heavy atom. The van der Waals surface area contributed by atoms with Crippen LogP contribution in [0.3, 0.4) is 0 Å². The Kier molecular flexibility index (Phi) is 5.96. The van der Waals surface area contributed by atoms with Crippen LogP contribution in [0.5, 0.6) is 5.75 Å². The fourth-order valence-electron chi connectivity index (χ4n) is 3.97. The fraction of sp³-hybridized carbons (Fsp3) is 0.500. The second-order valence-corrected chi connectivity index (χ2v) is 8.23. The smallest absolute Gasteiger partial charge is 0.329 e. The lowest BCUT2D eigenvalue weighted by Gasteiger charge is -2.38. The highest BCUT2D eigenvalue weighted by atomic mass is 16.5. The molecule has 1 heterocycles. The molecule has 1 aromatic carbocycles. The minimum absolute atomic E-state index is 0.214. The molecule has 1 aliphatic carbocycles. The second-order valence-electron chi connectivity index (χ2n) is 8.23. The van der Waals surface area contributed by atoms with Crippen molar-refractivity contribution in [2.45, 2.75) is 51.5 Å². The molecule has 0 unspecified atom stereocenters. The van der Waals surface area contributed by atoms with Crippen LogP contribution >= 0.6 is 0 Å². The minimum Gasteiger partial charge on any atom is -0.497 e. The van der Waals surface area contributed by atoms with Crippen LogP contribution in [-0.2, 0) is 9.59 Å². The fourth-order valence-corrected chi connectivity index (χ4v) is 3.97. The highest BCUT2D eigenvalue weighted by Gasteiger charge is 2.41. The van der Waals surface area contributed by atoms with Gasteiger partial charge in [0.2, 0.25) is 0 Å². The van der Waals surface area contributed by atoms with E-state index in [4.69, 9.17) is 4.74 Å². The van der Waals surface area contributed by atoms with E-state index in [0.717, 1.165) is 32.1 Å². The second kappa shape index (κ2) is 8.27. The van der Waals surface area contributed by atoms with Gasteiger partial charge in [-0.05, 0) is 44.7 Å². The SMILES string of the molecule is COc1ccc2c(C(=O)C(=O)N(CC3CCCCC3)C(C)(C)C(=O)O)c[nH]c2c1. The lowest BCUT2D eigenvalue weighted by atomic mass is 9.87. The van der Waals surface area contributed by atoms with E-state index < -0.39 is 23.2 Å². The number of Topliss-reactive ketones (excluding diaryl/α,β-unsaturated/α-hetero) is 1. The lowest BCUT2D eigenvalue weighted by Crippen LogP contribution is -2.56. The monoisotopic (exact) mass is 400 g/mol. The molecule has 0 spiro atoms. The normalized spacial score (nSPS) is 15.3. The number of nitrogens with one attached hydrogen (secondary N) is 1. The summed E-state index contributed by atoms with van der Waals surface area (Å²) in [5.74, 6) is -1.76. The van der Waals surface area contributed by atoms with Gasteiger partial charge in [0.1, 0.15) is 11.3 Å². The Morgan fingerprint density at radius 1 is 1.21 bits per heavy atom. The number of ether oxygens (including phenoxy) is 1. The number of fused-ring (bicyclic) bond motifs is 1. The molecule has 1 fully saturated rings. The quantitative estimate of drug-likeness (QED) is 0.546. The van der Waals surface area contributed by atoms with Gasteiger partial charge in [-0.2, -0.15) is 0 Å². The predicted octanol–water partition coefficient (Wildman–Crippen LogP) is 3.63. The van der Waals surface area contributed by atoms with E-state index in [-0.39, 0.29) is 18.0 Å². The number of aromatic amines is 1. The number of carboxylic acid groups (broad SMARTS) is 1. The maximum atomic E-state index is 13.2. The van der Waals surface area contributed by atoms with Gasteiger partial charge in [-0.3, -0.25) is 9.59 Å². The molecule has 0 bridgehead atoms. The molecule has 0 radical (unpaired) electrons. The number of methoxy groups -OCH3 is 1. The van der Waals surface area contributed by atoms with Crippen LogP contribution in [0.1, 0.15) is 56.3 Å². The third kappa shape index (κ3) is 4.13. The van der Waals surface area contributed by atoms with Gasteiger partial charge in [0, 0.05) is 29.7 Å². The number of ketones is 1. The van der Waals surface area contributed by atoms with E-state index in [0.29, 0.717) is 16.7 Å². The number of aromatic nitrogens is 1. The number of carbonyl (C=O) groups excluding carboxylic acids is 2. The number of benzene rings is 1. The van der Waals surface area contributed by atoms with Gasteiger partial charge in [0.25, 0.3) is 11.7 Å². The van der Waals surface area contributed by atoms with E-state index in [1.54, 1.807) is 25.3 Å². The maximum Gasteiger partial charge on any atom is 0.329 e. The Labute approximate surface area is 170 Å². The molecule has 2 aromatic rings. The summed E-state index contributed by atoms with van der Waals surface area (Å²) < 4.78 is 5.19. The third-order valence-electron chi connectivity index (χ3n) is 5.94. The molecule has 7 heteroatoms. The number of hydrogen-bond acceptors (Lipinski definition) is 4. The average Bonchev–Trinajstić information content (AvgIpc) is 3.14. The van der Waals surface area contributed by atoms with Crippen molar-refractivity contribution in [3.8, 4) is 5.75 Å². The molecule has 7 nitrogen and oxygen atoms in total. The summed E-state index contributed by atoms with van der Waals surface area (Å²) in [5.41, 5.74) is -0.557. The number of carboxylic acids is 1. The first-order valence-electron chi connectivity index (χ1n) is 10.0. The largest absolute Gasteiger partial charge is 0.497 e. The Morgan fingerprint density at radius 2 is 1.90 bits per heavy atom. The molecular weight excluding hydrogens is 372 g/mol. The van der Waals surface area contributed by atoms with Gasteiger partial charge in [0.05, 0.1) is 12.7 Å². The van der Waals surface area contributed by atoms with Crippen molar-refractivity contribution in [1.29, 1.82) is 0 Å². The van der Waals surface area contributed by atoms with E-state index in [1.165, 1.54) is 24.9 Å². The summed E-state index contributed by atoms with van der Waals surface area (Å²) in [7, 11) is 1.55. The first-order valence-corrected chi connectivity index (χ1v) is 10.0. The van der Waals surface area contributed by atoms with E-state index in [1.807, 2.05) is 0 Å². The summed E-state index contributed by atoms with van der Waals surface area (Å²) in [6.45, 7) is 3.23. The van der Waals surface area contributed by atoms with Crippen molar-refractivity contribution in [2.75, 3.05) is 13.7 Å². The standard InChI is InChI=1S/C22H28N2O5/c1-22(2,21(27)28)24(13-14-7-5-4-6-8-14)20(26)19(25)17-12-23-18-11-15(29-3)9-10-16(17)18/h9-12,14,23H,4-8,13H2,1-3H3,(H,27,28). The Balaban J connectivity index is 1.92. The summed E-state index contributed by atoms with van der Waals surface area (Å²) in [5, 5.41) is 10.3. The zero-order valence-electron chi connectivity index (χ0n) is 17.2. The molecule has 0 aliphatic heterocycles.